The van der Waals surface area contributed by atoms with Gasteiger partial charge in [0.05, 0.1) is 17.5 Å². The van der Waals surface area contributed by atoms with Crippen LogP contribution in [0.15, 0.2) is 42.6 Å². The predicted molar refractivity (Wildman–Crippen MR) is 138 cm³/mol. The number of rotatable bonds is 7. The van der Waals surface area contributed by atoms with E-state index in [1.165, 1.54) is 10.6 Å². The van der Waals surface area contributed by atoms with Gasteiger partial charge in [-0.2, -0.15) is 4.98 Å². The third-order valence-corrected chi connectivity index (χ3v) is 6.70. The molecule has 1 amide bonds. The van der Waals surface area contributed by atoms with E-state index in [9.17, 15) is 9.59 Å². The third-order valence-electron chi connectivity index (χ3n) is 6.37. The number of H-pyrrole nitrogens is 1. The molecule has 1 atom stereocenters. The molecule has 0 radical (unpaired) electrons. The van der Waals surface area contributed by atoms with Crippen LogP contribution in [-0.2, 0) is 11.8 Å². The molecule has 0 saturated heterocycles. The van der Waals surface area contributed by atoms with Crippen LogP contribution in [0.5, 0.6) is 11.8 Å². The minimum absolute atomic E-state index is 0.0487. The van der Waals surface area contributed by atoms with Gasteiger partial charge in [0.1, 0.15) is 5.75 Å². The van der Waals surface area contributed by atoms with E-state index in [0.29, 0.717) is 21.9 Å². The van der Waals surface area contributed by atoms with Crippen LogP contribution >= 0.6 is 11.6 Å². The summed E-state index contributed by atoms with van der Waals surface area (Å²) in [5, 5.41) is 14.4. The number of carboxylic acid groups (broad SMARTS) is 1. The number of hydrogen-bond acceptors (Lipinski definition) is 4. The van der Waals surface area contributed by atoms with Gasteiger partial charge in [-0.1, -0.05) is 29.8 Å². The summed E-state index contributed by atoms with van der Waals surface area (Å²) in [6.07, 6.45) is 7.24. The fourth-order valence-electron chi connectivity index (χ4n) is 4.46. The van der Waals surface area contributed by atoms with E-state index in [-0.39, 0.29) is 30.8 Å². The molecule has 2 aromatic carbocycles. The zero-order valence-corrected chi connectivity index (χ0v) is 20.6. The number of hydrogen-bond donors (Lipinski definition) is 3. The second-order valence-corrected chi connectivity index (χ2v) is 9.30. The van der Waals surface area contributed by atoms with Crippen LogP contribution in [0.2, 0.25) is 5.02 Å². The lowest BCUT2D eigenvalue weighted by atomic mass is 9.91. The highest BCUT2D eigenvalue weighted by molar-refractivity contribution is 6.32. The van der Waals surface area contributed by atoms with Crippen molar-refractivity contribution in [3.63, 3.8) is 0 Å². The first kappa shape index (κ1) is 23.7. The largest absolute Gasteiger partial charge is 0.481 e. The van der Waals surface area contributed by atoms with Gasteiger partial charge in [0.2, 0.25) is 0 Å². The first-order valence-electron chi connectivity index (χ1n) is 11.6. The second-order valence-electron chi connectivity index (χ2n) is 8.89. The molecule has 1 aliphatic rings. The van der Waals surface area contributed by atoms with Gasteiger partial charge in [-0.15, -0.1) is 0 Å². The van der Waals surface area contributed by atoms with E-state index in [1.807, 2.05) is 19.2 Å². The highest BCUT2D eigenvalue weighted by Crippen LogP contribution is 2.34. The number of aromatic amines is 1. The van der Waals surface area contributed by atoms with Crippen LogP contribution in [0.4, 0.5) is 0 Å². The van der Waals surface area contributed by atoms with E-state index >= 15 is 0 Å². The van der Waals surface area contributed by atoms with Gasteiger partial charge in [-0.3, -0.25) is 9.59 Å². The Kier molecular flexibility index (Phi) is 6.28. The number of fused-ring (bicyclic) bond motifs is 2. The molecule has 0 aliphatic heterocycles. The molecule has 0 saturated carbocycles. The van der Waals surface area contributed by atoms with Crippen LogP contribution in [0.25, 0.3) is 23.2 Å². The Morgan fingerprint density at radius 2 is 2.11 bits per heavy atom. The Bertz CT molecular complexity index is 1620. The average molecular weight is 505 g/mol. The van der Waals surface area contributed by atoms with E-state index in [0.717, 1.165) is 23.1 Å². The molecule has 1 aliphatic carbocycles. The number of nitrogens with one attached hydrogen (secondary N) is 2. The van der Waals surface area contributed by atoms with Crippen molar-refractivity contribution in [1.29, 1.82) is 0 Å². The molecule has 36 heavy (non-hydrogen) atoms. The highest BCUT2D eigenvalue weighted by Gasteiger charge is 2.18. The number of aromatic nitrogens is 3. The molecular weight excluding hydrogens is 480 g/mol. The number of benzene rings is 2. The number of imidazole rings is 1. The molecular formula is C27H25ClN4O4. The lowest BCUT2D eigenvalue weighted by molar-refractivity contribution is -0.136. The number of aryl methyl sites for hydroxylation is 2. The molecule has 0 bridgehead atoms. The maximum atomic E-state index is 12.5. The normalized spacial score (nSPS) is 14.6. The SMILES string of the molecule is Cc1ccc(Oc2nc3cc(Cl)c(C4C=c5ccn(C)c5=CC4)cc3[nH]2)cc1C(=O)NCCC(=O)O. The molecule has 9 heteroatoms. The summed E-state index contributed by atoms with van der Waals surface area (Å²) in [5.74, 6) is -0.742. The summed E-state index contributed by atoms with van der Waals surface area (Å²) in [7, 11) is 2.04. The van der Waals surface area contributed by atoms with Gasteiger partial charge in [0, 0.05) is 41.6 Å². The van der Waals surface area contributed by atoms with Crippen molar-refractivity contribution in [2.45, 2.75) is 25.7 Å². The third kappa shape index (κ3) is 4.72. The summed E-state index contributed by atoms with van der Waals surface area (Å²) in [5.41, 5.74) is 3.65. The van der Waals surface area contributed by atoms with Crippen LogP contribution in [0, 0.1) is 6.92 Å². The monoisotopic (exact) mass is 504 g/mol. The zero-order valence-electron chi connectivity index (χ0n) is 19.8. The van der Waals surface area contributed by atoms with Crippen molar-refractivity contribution in [1.82, 2.24) is 19.9 Å². The number of nitrogens with zero attached hydrogens (tertiary/aromatic N) is 2. The standard InChI is InChI=1S/C27H25ClN4O4/c1-15-3-5-18(12-19(15)26(35)29-9-7-25(33)34)36-27-30-22-13-20(21(28)14-23(22)31-27)16-4-6-24-17(11-16)8-10-32(24)2/h3,5-6,8,10-14,16H,4,7,9H2,1-2H3,(H,29,35)(H,30,31)(H,33,34). The summed E-state index contributed by atoms with van der Waals surface area (Å²) in [6.45, 7) is 1.85. The number of carbonyl (C=O) groups is 2. The van der Waals surface area contributed by atoms with Gasteiger partial charge >= 0.3 is 5.97 Å². The molecule has 2 heterocycles. The molecule has 3 N–H and O–H groups in total. The molecule has 4 aromatic rings. The molecule has 184 valence electrons. The van der Waals surface area contributed by atoms with Crippen molar-refractivity contribution in [3.05, 3.63) is 74.9 Å². The number of halogens is 1. The molecule has 0 spiro atoms. The van der Waals surface area contributed by atoms with Crippen molar-refractivity contribution in [2.24, 2.45) is 7.05 Å². The average Bonchev–Trinajstić information content (AvgIpc) is 3.41. The Morgan fingerprint density at radius 3 is 2.92 bits per heavy atom. The fourth-order valence-corrected chi connectivity index (χ4v) is 4.76. The number of aliphatic carboxylic acids is 1. The minimum atomic E-state index is -0.971. The highest BCUT2D eigenvalue weighted by atomic mass is 35.5. The van der Waals surface area contributed by atoms with Crippen molar-refractivity contribution in [3.8, 4) is 11.8 Å². The van der Waals surface area contributed by atoms with Crippen molar-refractivity contribution < 1.29 is 19.4 Å². The number of amides is 1. The smallest absolute Gasteiger partial charge is 0.305 e. The first-order chi connectivity index (χ1) is 17.3. The Morgan fingerprint density at radius 1 is 1.28 bits per heavy atom. The lowest BCUT2D eigenvalue weighted by Crippen LogP contribution is -2.30. The Hall–Kier alpha value is -4.04. The van der Waals surface area contributed by atoms with E-state index < -0.39 is 5.97 Å². The maximum absolute atomic E-state index is 12.5. The molecule has 2 aromatic heterocycles. The Balaban J connectivity index is 1.38. The predicted octanol–water partition coefficient (Wildman–Crippen LogP) is 3.61. The van der Waals surface area contributed by atoms with Crippen LogP contribution < -0.4 is 20.6 Å². The molecule has 1 unspecified atom stereocenters. The van der Waals surface area contributed by atoms with Crippen LogP contribution in [0.1, 0.15) is 40.2 Å². The second kappa shape index (κ2) is 9.54. The van der Waals surface area contributed by atoms with Gasteiger partial charge in [0.15, 0.2) is 0 Å². The first-order valence-corrected chi connectivity index (χ1v) is 12.0. The fraction of sp³-hybridized carbons (Fsp3) is 0.222. The van der Waals surface area contributed by atoms with E-state index in [2.05, 4.69) is 44.3 Å². The summed E-state index contributed by atoms with van der Waals surface area (Å²) >= 11 is 6.66. The summed E-state index contributed by atoms with van der Waals surface area (Å²) in [4.78, 5) is 30.9. The van der Waals surface area contributed by atoms with Gasteiger partial charge in [-0.25, -0.2) is 0 Å². The van der Waals surface area contributed by atoms with Gasteiger partial charge < -0.3 is 24.7 Å². The number of carbonyl (C=O) groups excluding carboxylic acids is 1. The molecule has 5 rings (SSSR count). The van der Waals surface area contributed by atoms with Gasteiger partial charge in [-0.05, 0) is 60.0 Å². The van der Waals surface area contributed by atoms with Gasteiger partial charge in [0.25, 0.3) is 11.9 Å². The van der Waals surface area contributed by atoms with Crippen LogP contribution in [0.3, 0.4) is 0 Å². The maximum Gasteiger partial charge on any atom is 0.305 e. The van der Waals surface area contributed by atoms with Crippen molar-refractivity contribution >= 4 is 46.7 Å². The zero-order chi connectivity index (χ0) is 25.4. The molecule has 8 nitrogen and oxygen atoms in total. The topological polar surface area (TPSA) is 109 Å². The van der Waals surface area contributed by atoms with E-state index in [1.54, 1.807) is 25.1 Å². The summed E-state index contributed by atoms with van der Waals surface area (Å²) < 4.78 is 8.04. The quantitative estimate of drug-likeness (QED) is 0.356. The minimum Gasteiger partial charge on any atom is -0.481 e. The summed E-state index contributed by atoms with van der Waals surface area (Å²) in [6, 6.07) is 11.4. The Labute approximate surface area is 211 Å². The number of ether oxygens (including phenoxy) is 1. The lowest BCUT2D eigenvalue weighted by Gasteiger charge is -2.15. The van der Waals surface area contributed by atoms with Crippen molar-refractivity contribution in [2.75, 3.05) is 6.54 Å². The molecule has 0 fully saturated rings. The van der Waals surface area contributed by atoms with Crippen LogP contribution in [-0.4, -0.2) is 38.1 Å². The van der Waals surface area contributed by atoms with E-state index in [4.69, 9.17) is 21.4 Å². The number of carboxylic acids is 1.